The molecule has 0 aliphatic carbocycles. The Bertz CT molecular complexity index is 934. The van der Waals surface area contributed by atoms with Crippen LogP contribution in [0.2, 0.25) is 5.02 Å². The van der Waals surface area contributed by atoms with Crippen molar-refractivity contribution in [1.29, 1.82) is 0 Å². The van der Waals surface area contributed by atoms with Crippen LogP contribution >= 0.6 is 39.3 Å². The van der Waals surface area contributed by atoms with Crippen molar-refractivity contribution in [3.63, 3.8) is 0 Å². The van der Waals surface area contributed by atoms with Gasteiger partial charge in [0.1, 0.15) is 0 Å². The van der Waals surface area contributed by atoms with Crippen LogP contribution in [0.3, 0.4) is 0 Å². The molecule has 26 heavy (non-hydrogen) atoms. The van der Waals surface area contributed by atoms with Crippen molar-refractivity contribution in [3.05, 3.63) is 81.0 Å². The van der Waals surface area contributed by atoms with Crippen molar-refractivity contribution in [1.82, 2.24) is 9.97 Å². The first-order valence-corrected chi connectivity index (χ1v) is 9.95. The lowest BCUT2D eigenvalue weighted by atomic mass is 10.2. The summed E-state index contributed by atoms with van der Waals surface area (Å²) in [6.07, 6.45) is 1.46. The van der Waals surface area contributed by atoms with Crippen LogP contribution in [0.5, 0.6) is 0 Å². The number of hydrogen-bond acceptors (Lipinski definition) is 4. The SMILES string of the molecule is Cc1cccc(CSc2ncc(Cl)c(C(=O)Nc3ccc(Br)cc3)n2)c1. The molecule has 4 nitrogen and oxygen atoms in total. The summed E-state index contributed by atoms with van der Waals surface area (Å²) in [5.41, 5.74) is 3.21. The second kappa shape index (κ2) is 8.66. The minimum atomic E-state index is -0.364. The molecule has 0 atom stereocenters. The summed E-state index contributed by atoms with van der Waals surface area (Å²) < 4.78 is 0.936. The monoisotopic (exact) mass is 447 g/mol. The third kappa shape index (κ3) is 5.06. The van der Waals surface area contributed by atoms with E-state index in [2.05, 4.69) is 56.3 Å². The van der Waals surface area contributed by atoms with Gasteiger partial charge in [-0.3, -0.25) is 4.79 Å². The lowest BCUT2D eigenvalue weighted by Crippen LogP contribution is -2.15. The van der Waals surface area contributed by atoms with Gasteiger partial charge in [0.25, 0.3) is 5.91 Å². The third-order valence-electron chi connectivity index (χ3n) is 3.49. The molecule has 0 fully saturated rings. The van der Waals surface area contributed by atoms with Crippen molar-refractivity contribution in [2.75, 3.05) is 5.32 Å². The molecule has 1 amide bonds. The Morgan fingerprint density at radius 1 is 1.23 bits per heavy atom. The molecule has 1 N–H and O–H groups in total. The van der Waals surface area contributed by atoms with Gasteiger partial charge in [0.2, 0.25) is 0 Å². The van der Waals surface area contributed by atoms with E-state index in [0.717, 1.165) is 10.2 Å². The van der Waals surface area contributed by atoms with Gasteiger partial charge in [0.05, 0.1) is 11.2 Å². The summed E-state index contributed by atoms with van der Waals surface area (Å²) in [5, 5.41) is 3.52. The average molecular weight is 449 g/mol. The number of nitrogens with one attached hydrogen (secondary N) is 1. The first-order chi connectivity index (χ1) is 12.5. The summed E-state index contributed by atoms with van der Waals surface area (Å²) in [4.78, 5) is 21.0. The van der Waals surface area contributed by atoms with Gasteiger partial charge >= 0.3 is 0 Å². The van der Waals surface area contributed by atoms with Crippen molar-refractivity contribution in [2.45, 2.75) is 17.8 Å². The van der Waals surface area contributed by atoms with Gasteiger partial charge in [-0.1, -0.05) is 69.1 Å². The molecular formula is C19H15BrClN3OS. The highest BCUT2D eigenvalue weighted by molar-refractivity contribution is 9.10. The third-order valence-corrected chi connectivity index (χ3v) is 5.23. The van der Waals surface area contributed by atoms with E-state index in [1.165, 1.54) is 29.1 Å². The molecule has 132 valence electrons. The van der Waals surface area contributed by atoms with E-state index in [9.17, 15) is 4.79 Å². The zero-order chi connectivity index (χ0) is 18.5. The molecule has 1 heterocycles. The number of aromatic nitrogens is 2. The lowest BCUT2D eigenvalue weighted by Gasteiger charge is -2.08. The standard InChI is InChI=1S/C19H15BrClN3OS/c1-12-3-2-4-13(9-12)11-26-19-22-10-16(21)17(24-19)18(25)23-15-7-5-14(20)6-8-15/h2-10H,11H2,1H3,(H,23,25). The number of hydrogen-bond donors (Lipinski definition) is 1. The molecular weight excluding hydrogens is 434 g/mol. The van der Waals surface area contributed by atoms with E-state index in [0.29, 0.717) is 10.8 Å². The van der Waals surface area contributed by atoms with Crippen LogP contribution in [-0.2, 0) is 5.75 Å². The maximum atomic E-state index is 12.5. The number of aryl methyl sites for hydroxylation is 1. The second-order valence-corrected chi connectivity index (χ2v) is 7.85. The maximum absolute atomic E-state index is 12.5. The zero-order valence-corrected chi connectivity index (χ0v) is 17.0. The van der Waals surface area contributed by atoms with Gasteiger partial charge in [-0.05, 0) is 36.8 Å². The fraction of sp³-hybridized carbons (Fsp3) is 0.105. The molecule has 0 aliphatic rings. The summed E-state index contributed by atoms with van der Waals surface area (Å²) in [7, 11) is 0. The van der Waals surface area contributed by atoms with Gasteiger partial charge in [-0.25, -0.2) is 9.97 Å². The molecule has 3 rings (SSSR count). The van der Waals surface area contributed by atoms with Crippen LogP contribution < -0.4 is 5.32 Å². The molecule has 3 aromatic rings. The first kappa shape index (κ1) is 18.9. The Morgan fingerprint density at radius 3 is 2.73 bits per heavy atom. The Morgan fingerprint density at radius 2 is 2.00 bits per heavy atom. The fourth-order valence-corrected chi connectivity index (χ4v) is 3.45. The van der Waals surface area contributed by atoms with Gasteiger partial charge < -0.3 is 5.32 Å². The lowest BCUT2D eigenvalue weighted by molar-refractivity contribution is 0.102. The van der Waals surface area contributed by atoms with Crippen LogP contribution in [0, 0.1) is 6.92 Å². The number of benzene rings is 2. The number of nitrogens with zero attached hydrogens (tertiary/aromatic N) is 2. The van der Waals surface area contributed by atoms with Gasteiger partial charge in [-0.15, -0.1) is 0 Å². The summed E-state index contributed by atoms with van der Waals surface area (Å²) in [5.74, 6) is 0.356. The van der Waals surface area contributed by atoms with Crippen LogP contribution in [0.25, 0.3) is 0 Å². The first-order valence-electron chi connectivity index (χ1n) is 7.79. The van der Waals surface area contributed by atoms with E-state index < -0.39 is 0 Å². The highest BCUT2D eigenvalue weighted by Crippen LogP contribution is 2.23. The zero-order valence-electron chi connectivity index (χ0n) is 13.9. The van der Waals surface area contributed by atoms with E-state index in [1.54, 1.807) is 12.1 Å². The Hall–Kier alpha value is -1.89. The molecule has 1 aromatic heterocycles. The fourth-order valence-electron chi connectivity index (χ4n) is 2.25. The number of amides is 1. The Balaban J connectivity index is 1.72. The molecule has 0 spiro atoms. The summed E-state index contributed by atoms with van der Waals surface area (Å²) >= 11 is 10.9. The van der Waals surface area contributed by atoms with E-state index in [4.69, 9.17) is 11.6 Å². The molecule has 7 heteroatoms. The van der Waals surface area contributed by atoms with Crippen LogP contribution in [-0.4, -0.2) is 15.9 Å². The van der Waals surface area contributed by atoms with Gasteiger partial charge in [-0.2, -0.15) is 0 Å². The predicted molar refractivity (Wildman–Crippen MR) is 110 cm³/mol. The topological polar surface area (TPSA) is 54.9 Å². The van der Waals surface area contributed by atoms with Crippen LogP contribution in [0.1, 0.15) is 21.6 Å². The smallest absolute Gasteiger partial charge is 0.275 e. The van der Waals surface area contributed by atoms with Crippen LogP contribution in [0.4, 0.5) is 5.69 Å². The highest BCUT2D eigenvalue weighted by Gasteiger charge is 2.15. The Kier molecular flexibility index (Phi) is 6.29. The number of thioether (sulfide) groups is 1. The van der Waals surface area contributed by atoms with Crippen molar-refractivity contribution in [3.8, 4) is 0 Å². The minimum Gasteiger partial charge on any atom is -0.321 e. The normalized spacial score (nSPS) is 10.6. The maximum Gasteiger partial charge on any atom is 0.275 e. The van der Waals surface area contributed by atoms with E-state index in [-0.39, 0.29) is 16.6 Å². The summed E-state index contributed by atoms with van der Waals surface area (Å²) in [6, 6.07) is 15.5. The van der Waals surface area contributed by atoms with Crippen LogP contribution in [0.15, 0.2) is 64.4 Å². The largest absolute Gasteiger partial charge is 0.321 e. The van der Waals surface area contributed by atoms with Crippen molar-refractivity contribution in [2.24, 2.45) is 0 Å². The molecule has 0 bridgehead atoms. The predicted octanol–water partition coefficient (Wildman–Crippen LogP) is 5.75. The number of carbonyl (C=O) groups excluding carboxylic acids is 1. The highest BCUT2D eigenvalue weighted by atomic mass is 79.9. The average Bonchev–Trinajstić information content (AvgIpc) is 2.63. The number of carbonyl (C=O) groups is 1. The quantitative estimate of drug-likeness (QED) is 0.399. The van der Waals surface area contributed by atoms with Gasteiger partial charge in [0.15, 0.2) is 10.9 Å². The molecule has 0 radical (unpaired) electrons. The second-order valence-electron chi connectivity index (χ2n) is 5.59. The molecule has 0 unspecified atom stereocenters. The number of anilines is 1. The molecule has 0 saturated heterocycles. The molecule has 0 saturated carbocycles. The number of rotatable bonds is 5. The molecule has 2 aromatic carbocycles. The Labute approximate surface area is 169 Å². The summed E-state index contributed by atoms with van der Waals surface area (Å²) in [6.45, 7) is 2.05. The van der Waals surface area contributed by atoms with Crippen molar-refractivity contribution < 1.29 is 4.79 Å². The molecule has 0 aliphatic heterocycles. The van der Waals surface area contributed by atoms with Gasteiger partial charge in [0, 0.05) is 15.9 Å². The van der Waals surface area contributed by atoms with E-state index >= 15 is 0 Å². The number of halogens is 2. The van der Waals surface area contributed by atoms with E-state index in [1.807, 2.05) is 18.2 Å². The minimum absolute atomic E-state index is 0.163. The van der Waals surface area contributed by atoms with Crippen molar-refractivity contribution >= 4 is 50.9 Å².